The third-order valence-corrected chi connectivity index (χ3v) is 2.25. The van der Waals surface area contributed by atoms with Crippen LogP contribution in [0.15, 0.2) is 6.20 Å². The van der Waals surface area contributed by atoms with Gasteiger partial charge in [-0.05, 0) is 12.8 Å². The van der Waals surface area contributed by atoms with Crippen molar-refractivity contribution in [2.24, 2.45) is 7.05 Å². The van der Waals surface area contributed by atoms with Crippen molar-refractivity contribution in [3.8, 4) is 0 Å². The molecule has 12 heavy (non-hydrogen) atoms. The number of aryl methyl sites for hydroxylation is 1. The highest BCUT2D eigenvalue weighted by Gasteiger charge is 2.27. The molecule has 0 saturated carbocycles. The van der Waals surface area contributed by atoms with Gasteiger partial charge < -0.3 is 5.11 Å². The molecule has 0 aliphatic carbocycles. The van der Waals surface area contributed by atoms with Gasteiger partial charge in [-0.15, -0.1) is 5.10 Å². The van der Waals surface area contributed by atoms with Crippen LogP contribution >= 0.6 is 0 Å². The average molecular weight is 169 g/mol. The predicted octanol–water partition coefficient (Wildman–Crippen LogP) is 0.823. The molecule has 68 valence electrons. The smallest absolute Gasteiger partial charge is 0.114 e. The molecule has 0 aromatic carbocycles. The lowest BCUT2D eigenvalue weighted by Crippen LogP contribution is -2.23. The number of hydrogen-bond acceptors (Lipinski definition) is 3. The molecular formula is C8H15N3O. The van der Waals surface area contributed by atoms with E-state index in [4.69, 9.17) is 0 Å². The first-order chi connectivity index (χ1) is 5.62. The largest absolute Gasteiger partial charge is 0.383 e. The van der Waals surface area contributed by atoms with E-state index in [1.54, 1.807) is 17.9 Å². The van der Waals surface area contributed by atoms with Crippen molar-refractivity contribution in [3.05, 3.63) is 11.9 Å². The molecule has 1 aromatic heterocycles. The molecule has 0 saturated heterocycles. The van der Waals surface area contributed by atoms with E-state index < -0.39 is 5.60 Å². The molecule has 0 fully saturated rings. The summed E-state index contributed by atoms with van der Waals surface area (Å²) in [4.78, 5) is 0. The second-order valence-electron chi connectivity index (χ2n) is 3.02. The van der Waals surface area contributed by atoms with Crippen LogP contribution in [-0.2, 0) is 12.6 Å². The molecule has 4 nitrogen and oxygen atoms in total. The first-order valence-corrected chi connectivity index (χ1v) is 4.21. The highest BCUT2D eigenvalue weighted by molar-refractivity contribution is 5.05. The SMILES string of the molecule is CCC(O)(CC)c1cn(C)nn1. The Kier molecular flexibility index (Phi) is 2.47. The van der Waals surface area contributed by atoms with Gasteiger partial charge in [-0.3, -0.25) is 4.68 Å². The van der Waals surface area contributed by atoms with E-state index in [0.717, 1.165) is 0 Å². The summed E-state index contributed by atoms with van der Waals surface area (Å²) in [5.41, 5.74) is -0.135. The van der Waals surface area contributed by atoms with E-state index in [9.17, 15) is 5.11 Å². The molecule has 1 N–H and O–H groups in total. The Labute approximate surface area is 72.2 Å². The van der Waals surface area contributed by atoms with E-state index in [1.807, 2.05) is 13.8 Å². The fourth-order valence-electron chi connectivity index (χ4n) is 1.17. The van der Waals surface area contributed by atoms with Crippen molar-refractivity contribution in [1.82, 2.24) is 15.0 Å². The molecule has 0 bridgehead atoms. The second kappa shape index (κ2) is 3.23. The van der Waals surface area contributed by atoms with Gasteiger partial charge in [0.15, 0.2) is 0 Å². The lowest BCUT2D eigenvalue weighted by Gasteiger charge is -2.21. The fourth-order valence-corrected chi connectivity index (χ4v) is 1.17. The van der Waals surface area contributed by atoms with E-state index in [1.165, 1.54) is 0 Å². The zero-order valence-corrected chi connectivity index (χ0v) is 7.78. The van der Waals surface area contributed by atoms with Gasteiger partial charge >= 0.3 is 0 Å². The topological polar surface area (TPSA) is 50.9 Å². The minimum Gasteiger partial charge on any atom is -0.383 e. The fraction of sp³-hybridized carbons (Fsp3) is 0.750. The van der Waals surface area contributed by atoms with Gasteiger partial charge in [0.1, 0.15) is 11.3 Å². The summed E-state index contributed by atoms with van der Waals surface area (Å²) in [6.07, 6.45) is 3.09. The van der Waals surface area contributed by atoms with Crippen LogP contribution in [0.2, 0.25) is 0 Å². The van der Waals surface area contributed by atoms with E-state index in [2.05, 4.69) is 10.3 Å². The normalized spacial score (nSPS) is 12.0. The maximum atomic E-state index is 10.00. The molecule has 4 heteroatoms. The van der Waals surface area contributed by atoms with Gasteiger partial charge in [-0.2, -0.15) is 0 Å². The summed E-state index contributed by atoms with van der Waals surface area (Å²) >= 11 is 0. The summed E-state index contributed by atoms with van der Waals surface area (Å²) in [5.74, 6) is 0. The third kappa shape index (κ3) is 1.48. The molecule has 0 aliphatic rings. The first kappa shape index (κ1) is 9.19. The van der Waals surface area contributed by atoms with E-state index >= 15 is 0 Å². The molecule has 1 heterocycles. The van der Waals surface area contributed by atoms with Crippen LogP contribution in [0.1, 0.15) is 32.4 Å². The Balaban J connectivity index is 2.94. The molecule has 0 amide bonds. The molecule has 0 radical (unpaired) electrons. The predicted molar refractivity (Wildman–Crippen MR) is 45.5 cm³/mol. The van der Waals surface area contributed by atoms with Crippen LogP contribution in [0.5, 0.6) is 0 Å². The summed E-state index contributed by atoms with van der Waals surface area (Å²) < 4.78 is 1.60. The number of rotatable bonds is 3. The average Bonchev–Trinajstić information content (AvgIpc) is 2.51. The number of nitrogens with zero attached hydrogens (tertiary/aromatic N) is 3. The van der Waals surface area contributed by atoms with Gasteiger partial charge in [0.2, 0.25) is 0 Å². The molecule has 0 unspecified atom stereocenters. The summed E-state index contributed by atoms with van der Waals surface area (Å²) in [5, 5.41) is 17.7. The van der Waals surface area contributed by atoms with Gasteiger partial charge in [-0.25, -0.2) is 0 Å². The van der Waals surface area contributed by atoms with Crippen LogP contribution in [0.25, 0.3) is 0 Å². The lowest BCUT2D eigenvalue weighted by atomic mass is 9.94. The highest BCUT2D eigenvalue weighted by Crippen LogP contribution is 2.25. The second-order valence-corrected chi connectivity index (χ2v) is 3.02. The minimum absolute atomic E-state index is 0.662. The zero-order valence-electron chi connectivity index (χ0n) is 7.78. The maximum absolute atomic E-state index is 10.00. The van der Waals surface area contributed by atoms with Crippen LogP contribution in [-0.4, -0.2) is 20.1 Å². The zero-order chi connectivity index (χ0) is 9.19. The molecular weight excluding hydrogens is 154 g/mol. The van der Waals surface area contributed by atoms with Gasteiger partial charge in [-0.1, -0.05) is 19.1 Å². The number of aromatic nitrogens is 3. The van der Waals surface area contributed by atoms with Crippen molar-refractivity contribution in [1.29, 1.82) is 0 Å². The summed E-state index contributed by atoms with van der Waals surface area (Å²) in [6.45, 7) is 3.89. The van der Waals surface area contributed by atoms with Crippen LogP contribution in [0, 0.1) is 0 Å². The van der Waals surface area contributed by atoms with Crippen molar-refractivity contribution in [2.45, 2.75) is 32.3 Å². The van der Waals surface area contributed by atoms with Crippen LogP contribution < -0.4 is 0 Å². The van der Waals surface area contributed by atoms with Crippen LogP contribution in [0.4, 0.5) is 0 Å². The summed E-state index contributed by atoms with van der Waals surface area (Å²) in [6, 6.07) is 0. The Morgan fingerprint density at radius 2 is 2.08 bits per heavy atom. The molecule has 0 aliphatic heterocycles. The number of hydrogen-bond donors (Lipinski definition) is 1. The molecule has 1 aromatic rings. The van der Waals surface area contributed by atoms with Crippen molar-refractivity contribution in [3.63, 3.8) is 0 Å². The quantitative estimate of drug-likeness (QED) is 0.729. The third-order valence-electron chi connectivity index (χ3n) is 2.25. The van der Waals surface area contributed by atoms with Gasteiger partial charge in [0.25, 0.3) is 0 Å². The lowest BCUT2D eigenvalue weighted by molar-refractivity contribution is 0.0239. The Morgan fingerprint density at radius 1 is 1.50 bits per heavy atom. The van der Waals surface area contributed by atoms with Gasteiger partial charge in [0, 0.05) is 7.05 Å². The number of aliphatic hydroxyl groups is 1. The molecule has 0 spiro atoms. The monoisotopic (exact) mass is 169 g/mol. The van der Waals surface area contributed by atoms with Crippen LogP contribution in [0.3, 0.4) is 0 Å². The Bertz CT molecular complexity index is 253. The van der Waals surface area contributed by atoms with E-state index in [-0.39, 0.29) is 0 Å². The molecule has 1 rings (SSSR count). The van der Waals surface area contributed by atoms with E-state index in [0.29, 0.717) is 18.5 Å². The van der Waals surface area contributed by atoms with Gasteiger partial charge in [0.05, 0.1) is 6.20 Å². The summed E-state index contributed by atoms with van der Waals surface area (Å²) in [7, 11) is 1.79. The van der Waals surface area contributed by atoms with Crippen molar-refractivity contribution < 1.29 is 5.11 Å². The standard InChI is InChI=1S/C8H15N3O/c1-4-8(12,5-2)7-6-11(3)10-9-7/h6,12H,4-5H2,1-3H3. The highest BCUT2D eigenvalue weighted by atomic mass is 16.3. The van der Waals surface area contributed by atoms with Crippen molar-refractivity contribution in [2.75, 3.05) is 0 Å². The first-order valence-electron chi connectivity index (χ1n) is 4.21. The maximum Gasteiger partial charge on any atom is 0.114 e. The van der Waals surface area contributed by atoms with Crippen molar-refractivity contribution >= 4 is 0 Å². The minimum atomic E-state index is -0.797. The Hall–Kier alpha value is -0.900. The molecule has 0 atom stereocenters. The Morgan fingerprint density at radius 3 is 2.42 bits per heavy atom.